The van der Waals surface area contributed by atoms with E-state index < -0.39 is 0 Å². The molecule has 6 nitrogen and oxygen atoms in total. The third-order valence-electron chi connectivity index (χ3n) is 3.19. The first-order chi connectivity index (χ1) is 10.0. The number of nitrogens with zero attached hydrogens (tertiary/aromatic N) is 3. The summed E-state index contributed by atoms with van der Waals surface area (Å²) < 4.78 is 0. The third-order valence-corrected chi connectivity index (χ3v) is 3.19. The minimum Gasteiger partial charge on any atom is -0.508 e. The lowest BCUT2D eigenvalue weighted by atomic mass is 10.1. The van der Waals surface area contributed by atoms with Crippen molar-refractivity contribution >= 4 is 11.9 Å². The van der Waals surface area contributed by atoms with Crippen LogP contribution in [0.4, 0.5) is 5.95 Å². The average Bonchev–Trinajstić information content (AvgIpc) is 2.46. The number of aryl methyl sites for hydroxylation is 3. The highest BCUT2D eigenvalue weighted by molar-refractivity contribution is 6.04. The summed E-state index contributed by atoms with van der Waals surface area (Å²) in [7, 11) is 0. The molecule has 0 aliphatic heterocycles. The number of anilines is 1. The van der Waals surface area contributed by atoms with Gasteiger partial charge in [-0.15, -0.1) is 10.2 Å². The number of benzene rings is 1. The summed E-state index contributed by atoms with van der Waals surface area (Å²) in [5.74, 6) is 0.00432. The van der Waals surface area contributed by atoms with Gasteiger partial charge >= 0.3 is 0 Å². The van der Waals surface area contributed by atoms with Gasteiger partial charge in [0.1, 0.15) is 5.75 Å². The van der Waals surface area contributed by atoms with Gasteiger partial charge in [0.25, 0.3) is 5.91 Å². The summed E-state index contributed by atoms with van der Waals surface area (Å²) in [6.07, 6.45) is 1.49. The summed E-state index contributed by atoms with van der Waals surface area (Å²) in [5.41, 5.74) is 2.83. The molecule has 0 bridgehead atoms. The van der Waals surface area contributed by atoms with Gasteiger partial charge in [0.2, 0.25) is 5.95 Å². The standard InChI is InChI=1S/C15H18N4O2/c1-4-12-13(5-2)18-19-15(16-12)17-14(21)11-7-6-10(20)8-9(11)3/h6-8,20H,4-5H2,1-3H3,(H,16,17,19,21). The summed E-state index contributed by atoms with van der Waals surface area (Å²) in [4.78, 5) is 16.5. The van der Waals surface area contributed by atoms with Crippen molar-refractivity contribution in [1.82, 2.24) is 15.2 Å². The average molecular weight is 286 g/mol. The van der Waals surface area contributed by atoms with Gasteiger partial charge in [-0.25, -0.2) is 4.98 Å². The smallest absolute Gasteiger partial charge is 0.258 e. The Kier molecular flexibility index (Phi) is 4.47. The van der Waals surface area contributed by atoms with E-state index in [1.807, 2.05) is 13.8 Å². The second-order valence-electron chi connectivity index (χ2n) is 4.69. The van der Waals surface area contributed by atoms with Gasteiger partial charge in [-0.3, -0.25) is 10.1 Å². The molecule has 1 amide bonds. The van der Waals surface area contributed by atoms with Gasteiger partial charge in [-0.05, 0) is 43.5 Å². The monoisotopic (exact) mass is 286 g/mol. The molecule has 0 saturated carbocycles. The first-order valence-electron chi connectivity index (χ1n) is 6.88. The molecule has 0 aliphatic carbocycles. The molecule has 0 spiro atoms. The van der Waals surface area contributed by atoms with Gasteiger partial charge < -0.3 is 5.11 Å². The molecular formula is C15H18N4O2. The van der Waals surface area contributed by atoms with Crippen molar-refractivity contribution in [3.63, 3.8) is 0 Å². The van der Waals surface area contributed by atoms with Crippen molar-refractivity contribution in [3.05, 3.63) is 40.7 Å². The van der Waals surface area contributed by atoms with Crippen LogP contribution in [-0.4, -0.2) is 26.2 Å². The molecule has 0 unspecified atom stereocenters. The number of carbonyl (C=O) groups excluding carboxylic acids is 1. The molecule has 0 fully saturated rings. The lowest BCUT2D eigenvalue weighted by Gasteiger charge is -2.08. The highest BCUT2D eigenvalue weighted by Crippen LogP contribution is 2.16. The van der Waals surface area contributed by atoms with Crippen LogP contribution < -0.4 is 5.32 Å². The molecule has 110 valence electrons. The minimum absolute atomic E-state index is 0.127. The number of aromatic nitrogens is 3. The molecule has 0 saturated heterocycles. The molecule has 0 aliphatic rings. The first-order valence-corrected chi connectivity index (χ1v) is 6.88. The summed E-state index contributed by atoms with van der Waals surface area (Å²) in [5, 5.41) is 20.0. The van der Waals surface area contributed by atoms with Gasteiger partial charge in [-0.1, -0.05) is 13.8 Å². The highest BCUT2D eigenvalue weighted by atomic mass is 16.3. The minimum atomic E-state index is -0.319. The summed E-state index contributed by atoms with van der Waals surface area (Å²) in [6.45, 7) is 5.73. The molecule has 1 aromatic carbocycles. The number of rotatable bonds is 4. The van der Waals surface area contributed by atoms with E-state index in [0.717, 1.165) is 24.2 Å². The van der Waals surface area contributed by atoms with Crippen molar-refractivity contribution in [2.24, 2.45) is 0 Å². The van der Waals surface area contributed by atoms with Crippen LogP contribution >= 0.6 is 0 Å². The Hall–Kier alpha value is -2.50. The molecule has 2 N–H and O–H groups in total. The van der Waals surface area contributed by atoms with Crippen molar-refractivity contribution in [2.45, 2.75) is 33.6 Å². The fourth-order valence-corrected chi connectivity index (χ4v) is 2.06. The van der Waals surface area contributed by atoms with Crippen molar-refractivity contribution < 1.29 is 9.90 Å². The predicted octanol–water partition coefficient (Wildman–Crippen LogP) is 2.26. The molecular weight excluding hydrogens is 268 g/mol. The van der Waals surface area contributed by atoms with Gasteiger partial charge in [0.15, 0.2) is 0 Å². The predicted molar refractivity (Wildman–Crippen MR) is 79.4 cm³/mol. The topological polar surface area (TPSA) is 88.0 Å². The number of hydrogen-bond acceptors (Lipinski definition) is 5. The Bertz CT molecular complexity index is 671. The van der Waals surface area contributed by atoms with Gasteiger partial charge in [0.05, 0.1) is 11.4 Å². The van der Waals surface area contributed by atoms with Crippen molar-refractivity contribution in [3.8, 4) is 5.75 Å². The highest BCUT2D eigenvalue weighted by Gasteiger charge is 2.13. The molecule has 1 aromatic heterocycles. The lowest BCUT2D eigenvalue weighted by Crippen LogP contribution is -2.17. The Balaban J connectivity index is 2.23. The second-order valence-corrected chi connectivity index (χ2v) is 4.69. The number of phenols is 1. The van der Waals surface area contributed by atoms with E-state index in [0.29, 0.717) is 11.1 Å². The number of carbonyl (C=O) groups is 1. The molecule has 0 atom stereocenters. The van der Waals surface area contributed by atoms with E-state index in [2.05, 4.69) is 20.5 Å². The van der Waals surface area contributed by atoms with Crippen molar-refractivity contribution in [2.75, 3.05) is 5.32 Å². The van der Waals surface area contributed by atoms with Crippen molar-refractivity contribution in [1.29, 1.82) is 0 Å². The van der Waals surface area contributed by atoms with Gasteiger partial charge in [-0.2, -0.15) is 0 Å². The Morgan fingerprint density at radius 1 is 1.19 bits per heavy atom. The Morgan fingerprint density at radius 2 is 1.90 bits per heavy atom. The molecule has 2 aromatic rings. The maximum atomic E-state index is 12.2. The fourth-order valence-electron chi connectivity index (χ4n) is 2.06. The molecule has 0 radical (unpaired) electrons. The number of nitrogens with one attached hydrogen (secondary N) is 1. The zero-order chi connectivity index (χ0) is 15.4. The van der Waals surface area contributed by atoms with E-state index in [1.165, 1.54) is 12.1 Å². The zero-order valence-corrected chi connectivity index (χ0v) is 12.3. The summed E-state index contributed by atoms with van der Waals surface area (Å²) in [6, 6.07) is 4.57. The molecule has 1 heterocycles. The number of phenolic OH excluding ortho intramolecular Hbond substituents is 1. The number of aromatic hydroxyl groups is 1. The molecule has 21 heavy (non-hydrogen) atoms. The van der Waals surface area contributed by atoms with Crippen LogP contribution in [0.3, 0.4) is 0 Å². The first kappa shape index (κ1) is 14.9. The third kappa shape index (κ3) is 3.34. The van der Waals surface area contributed by atoms with Crippen LogP contribution in [0.15, 0.2) is 18.2 Å². The van der Waals surface area contributed by atoms with Crippen LogP contribution in [0.5, 0.6) is 5.75 Å². The summed E-state index contributed by atoms with van der Waals surface area (Å²) >= 11 is 0. The normalized spacial score (nSPS) is 10.4. The molecule has 6 heteroatoms. The Morgan fingerprint density at radius 3 is 2.52 bits per heavy atom. The SMILES string of the molecule is CCc1nnc(NC(=O)c2ccc(O)cc2C)nc1CC. The number of hydrogen-bond donors (Lipinski definition) is 2. The van der Waals surface area contributed by atoms with E-state index in [9.17, 15) is 9.90 Å². The Labute approximate surface area is 123 Å². The number of amides is 1. The van der Waals surface area contributed by atoms with Crippen LogP contribution in [0, 0.1) is 6.92 Å². The molecule has 2 rings (SSSR count). The maximum absolute atomic E-state index is 12.2. The maximum Gasteiger partial charge on any atom is 0.258 e. The van der Waals surface area contributed by atoms with Crippen LogP contribution in [0.2, 0.25) is 0 Å². The van der Waals surface area contributed by atoms with E-state index >= 15 is 0 Å². The quantitative estimate of drug-likeness (QED) is 0.900. The van der Waals surface area contributed by atoms with Crippen LogP contribution in [-0.2, 0) is 12.8 Å². The van der Waals surface area contributed by atoms with Crippen LogP contribution in [0.1, 0.15) is 41.2 Å². The van der Waals surface area contributed by atoms with Gasteiger partial charge in [0, 0.05) is 5.56 Å². The second kappa shape index (κ2) is 6.30. The van der Waals surface area contributed by atoms with E-state index in [4.69, 9.17) is 0 Å². The lowest BCUT2D eigenvalue weighted by molar-refractivity contribution is 0.102. The van der Waals surface area contributed by atoms with Crippen LogP contribution in [0.25, 0.3) is 0 Å². The zero-order valence-electron chi connectivity index (χ0n) is 12.3. The van der Waals surface area contributed by atoms with E-state index in [-0.39, 0.29) is 17.6 Å². The largest absolute Gasteiger partial charge is 0.508 e. The van der Waals surface area contributed by atoms with E-state index in [1.54, 1.807) is 13.0 Å². The fraction of sp³-hybridized carbons (Fsp3) is 0.333.